The summed E-state index contributed by atoms with van der Waals surface area (Å²) in [6, 6.07) is 0. The molecule has 1 saturated heterocycles. The van der Waals surface area contributed by atoms with Gasteiger partial charge in [0.15, 0.2) is 0 Å². The van der Waals surface area contributed by atoms with Gasteiger partial charge in [0.05, 0.1) is 19.3 Å². The van der Waals surface area contributed by atoms with Gasteiger partial charge in [-0.1, -0.05) is 45.4 Å². The fourth-order valence-corrected chi connectivity index (χ4v) is 3.44. The first-order valence-corrected chi connectivity index (χ1v) is 10.7. The number of rotatable bonds is 11. The number of hydrogen-bond acceptors (Lipinski definition) is 5. The van der Waals surface area contributed by atoms with Crippen molar-refractivity contribution in [2.24, 2.45) is 0 Å². The molecule has 25 heavy (non-hydrogen) atoms. The van der Waals surface area contributed by atoms with Crippen LogP contribution in [0.2, 0.25) is 0 Å². The average Bonchev–Trinajstić information content (AvgIpc) is 2.97. The Kier molecular flexibility index (Phi) is 10.9. The summed E-state index contributed by atoms with van der Waals surface area (Å²) in [7, 11) is -1.87. The molecule has 1 N–H and O–H groups in total. The van der Waals surface area contributed by atoms with E-state index in [0.717, 1.165) is 12.8 Å². The lowest BCUT2D eigenvalue weighted by Crippen LogP contribution is -2.35. The summed E-state index contributed by atoms with van der Waals surface area (Å²) in [5, 5.41) is 0. The van der Waals surface area contributed by atoms with Crippen molar-refractivity contribution in [3.63, 3.8) is 0 Å². The third-order valence-electron chi connectivity index (χ3n) is 3.99. The molecule has 1 amide bonds. The molecule has 0 aromatic carbocycles. The molecule has 0 aromatic heterocycles. The van der Waals surface area contributed by atoms with E-state index in [4.69, 9.17) is 13.8 Å². The van der Waals surface area contributed by atoms with Gasteiger partial charge in [0, 0.05) is 6.54 Å². The summed E-state index contributed by atoms with van der Waals surface area (Å²) in [5.41, 5.74) is -0.501. The number of carbonyl (C=O) groups is 1. The maximum Gasteiger partial charge on any atom is 0.410 e. The Labute approximate surface area is 154 Å². The van der Waals surface area contributed by atoms with Gasteiger partial charge in [0.2, 0.25) is 0 Å². The fourth-order valence-electron chi connectivity index (χ4n) is 2.67. The molecule has 0 spiro atoms. The van der Waals surface area contributed by atoms with Crippen LogP contribution in [0.15, 0.2) is 0 Å². The van der Waals surface area contributed by atoms with Crippen molar-refractivity contribution in [1.82, 2.24) is 4.90 Å². The van der Waals surface area contributed by atoms with Crippen molar-refractivity contribution in [1.29, 1.82) is 0 Å². The van der Waals surface area contributed by atoms with E-state index in [1.807, 2.05) is 20.8 Å². The predicted octanol–water partition coefficient (Wildman–Crippen LogP) is 5.00. The molecule has 7 heteroatoms. The van der Waals surface area contributed by atoms with Crippen LogP contribution in [0.4, 0.5) is 4.79 Å². The van der Waals surface area contributed by atoms with Crippen LogP contribution in [0, 0.1) is 0 Å². The number of amides is 1. The SMILES string of the molecule is CCCCCCCCCOP(O)OC1CCN(C(=O)OC(C)(C)C)C1. The maximum absolute atomic E-state index is 12.0. The first kappa shape index (κ1) is 22.6. The van der Waals surface area contributed by atoms with Crippen LogP contribution in [0.3, 0.4) is 0 Å². The van der Waals surface area contributed by atoms with Crippen LogP contribution < -0.4 is 0 Å². The molecular formula is C18H36NO5P. The highest BCUT2D eigenvalue weighted by atomic mass is 31.2. The van der Waals surface area contributed by atoms with E-state index in [2.05, 4.69) is 6.92 Å². The van der Waals surface area contributed by atoms with E-state index in [1.165, 1.54) is 32.1 Å². The van der Waals surface area contributed by atoms with Crippen LogP contribution in [-0.2, 0) is 13.8 Å². The van der Waals surface area contributed by atoms with Crippen molar-refractivity contribution in [3.05, 3.63) is 0 Å². The van der Waals surface area contributed by atoms with Gasteiger partial charge in [-0.3, -0.25) is 0 Å². The van der Waals surface area contributed by atoms with Gasteiger partial charge >= 0.3 is 14.7 Å². The first-order chi connectivity index (χ1) is 11.8. The van der Waals surface area contributed by atoms with E-state index >= 15 is 0 Å². The summed E-state index contributed by atoms with van der Waals surface area (Å²) in [6.45, 7) is 9.31. The minimum atomic E-state index is -1.87. The summed E-state index contributed by atoms with van der Waals surface area (Å²) in [6.07, 6.45) is 8.65. The Hall–Kier alpha value is -0.420. The topological polar surface area (TPSA) is 68.2 Å². The molecule has 1 aliphatic rings. The van der Waals surface area contributed by atoms with Gasteiger partial charge in [-0.05, 0) is 33.6 Å². The van der Waals surface area contributed by atoms with E-state index in [9.17, 15) is 9.69 Å². The van der Waals surface area contributed by atoms with Gasteiger partial charge < -0.3 is 23.6 Å². The monoisotopic (exact) mass is 377 g/mol. The number of carbonyl (C=O) groups excluding carboxylic acids is 1. The Morgan fingerprint density at radius 2 is 1.80 bits per heavy atom. The third-order valence-corrected chi connectivity index (χ3v) is 4.87. The van der Waals surface area contributed by atoms with Crippen molar-refractivity contribution in [2.75, 3.05) is 19.7 Å². The fraction of sp³-hybridized carbons (Fsp3) is 0.944. The van der Waals surface area contributed by atoms with Crippen molar-refractivity contribution in [2.45, 2.75) is 90.8 Å². The number of likely N-dealkylation sites (tertiary alicyclic amines) is 1. The molecule has 0 bridgehead atoms. The lowest BCUT2D eigenvalue weighted by Gasteiger charge is -2.24. The summed E-state index contributed by atoms with van der Waals surface area (Å²) in [5.74, 6) is 0. The maximum atomic E-state index is 12.0. The highest BCUT2D eigenvalue weighted by Gasteiger charge is 2.31. The molecule has 0 aromatic rings. The smallest absolute Gasteiger partial charge is 0.410 e. The van der Waals surface area contributed by atoms with Gasteiger partial charge in [0.1, 0.15) is 5.60 Å². The lowest BCUT2D eigenvalue weighted by molar-refractivity contribution is 0.0270. The quantitative estimate of drug-likeness (QED) is 0.405. The normalized spacial score (nSPS) is 19.2. The molecule has 1 fully saturated rings. The summed E-state index contributed by atoms with van der Waals surface area (Å²) in [4.78, 5) is 23.5. The average molecular weight is 377 g/mol. The number of unbranched alkanes of at least 4 members (excludes halogenated alkanes) is 6. The molecule has 6 nitrogen and oxygen atoms in total. The molecule has 2 unspecified atom stereocenters. The predicted molar refractivity (Wildman–Crippen MR) is 100 cm³/mol. The van der Waals surface area contributed by atoms with Crippen LogP contribution in [0.1, 0.15) is 79.1 Å². The second kappa shape index (κ2) is 12.1. The third kappa shape index (κ3) is 11.0. The van der Waals surface area contributed by atoms with Crippen molar-refractivity contribution < 1.29 is 23.5 Å². The van der Waals surface area contributed by atoms with E-state index in [-0.39, 0.29) is 12.2 Å². The van der Waals surface area contributed by atoms with Gasteiger partial charge in [-0.2, -0.15) is 0 Å². The van der Waals surface area contributed by atoms with Crippen LogP contribution in [0.5, 0.6) is 0 Å². The molecular weight excluding hydrogens is 341 g/mol. The second-order valence-electron chi connectivity index (χ2n) is 7.63. The van der Waals surface area contributed by atoms with Gasteiger partial charge in [-0.25, -0.2) is 4.79 Å². The van der Waals surface area contributed by atoms with Crippen molar-refractivity contribution >= 4 is 14.7 Å². The highest BCUT2D eigenvalue weighted by molar-refractivity contribution is 7.40. The molecule has 148 valence electrons. The van der Waals surface area contributed by atoms with Crippen molar-refractivity contribution in [3.8, 4) is 0 Å². The molecule has 1 rings (SSSR count). The Morgan fingerprint density at radius 1 is 1.16 bits per heavy atom. The molecule has 2 atom stereocenters. The number of ether oxygens (including phenoxy) is 1. The van der Waals surface area contributed by atoms with Gasteiger partial charge in [-0.15, -0.1) is 0 Å². The number of nitrogens with zero attached hydrogens (tertiary/aromatic N) is 1. The Balaban J connectivity index is 2.07. The minimum Gasteiger partial charge on any atom is -0.444 e. The lowest BCUT2D eigenvalue weighted by atomic mass is 10.1. The first-order valence-electron chi connectivity index (χ1n) is 9.58. The van der Waals surface area contributed by atoms with E-state index in [1.54, 1.807) is 4.90 Å². The Morgan fingerprint density at radius 3 is 2.44 bits per heavy atom. The number of hydrogen-bond donors (Lipinski definition) is 1. The summed E-state index contributed by atoms with van der Waals surface area (Å²) >= 11 is 0. The molecule has 1 aliphatic heterocycles. The zero-order chi connectivity index (χ0) is 18.7. The highest BCUT2D eigenvalue weighted by Crippen LogP contribution is 2.37. The summed E-state index contributed by atoms with van der Waals surface area (Å²) < 4.78 is 16.2. The minimum absolute atomic E-state index is 0.183. The molecule has 0 saturated carbocycles. The van der Waals surface area contributed by atoms with E-state index in [0.29, 0.717) is 26.1 Å². The molecule has 0 radical (unpaired) electrons. The van der Waals surface area contributed by atoms with Gasteiger partial charge in [0.25, 0.3) is 0 Å². The Bertz CT molecular complexity index is 375. The molecule has 1 heterocycles. The second-order valence-corrected chi connectivity index (χ2v) is 8.58. The van der Waals surface area contributed by atoms with E-state index < -0.39 is 14.2 Å². The zero-order valence-electron chi connectivity index (χ0n) is 16.3. The standard InChI is InChI=1S/C18H36NO5P/c1-5-6-7-8-9-10-11-14-22-25(21)24-16-12-13-19(15-16)17(20)23-18(2,3)4/h16,21H,5-15H2,1-4H3. The van der Waals surface area contributed by atoms with Crippen LogP contribution in [0.25, 0.3) is 0 Å². The van der Waals surface area contributed by atoms with Crippen LogP contribution in [-0.4, -0.2) is 47.3 Å². The largest absolute Gasteiger partial charge is 0.444 e. The van der Waals surface area contributed by atoms with Crippen LogP contribution >= 0.6 is 8.60 Å². The molecule has 0 aliphatic carbocycles. The zero-order valence-corrected chi connectivity index (χ0v) is 17.2.